The summed E-state index contributed by atoms with van der Waals surface area (Å²) in [5, 5.41) is 7.98. The minimum atomic E-state index is -0.0657. The van der Waals surface area contributed by atoms with Crippen molar-refractivity contribution in [2.75, 3.05) is 12.3 Å². The second-order valence-corrected chi connectivity index (χ2v) is 5.20. The van der Waals surface area contributed by atoms with Gasteiger partial charge < -0.3 is 10.2 Å². The van der Waals surface area contributed by atoms with E-state index in [9.17, 15) is 0 Å². The molecule has 1 heterocycles. The van der Waals surface area contributed by atoms with Gasteiger partial charge in [-0.15, -0.1) is 10.2 Å². The van der Waals surface area contributed by atoms with Crippen LogP contribution in [0.15, 0.2) is 4.42 Å². The van der Waals surface area contributed by atoms with Crippen LogP contribution < -0.4 is 5.73 Å². The SMILES string of the molecule is CC(C)(C)c1nnc(CSCCN)o1. The number of thioether (sulfide) groups is 1. The van der Waals surface area contributed by atoms with Crippen LogP contribution in [0.25, 0.3) is 0 Å². The highest BCUT2D eigenvalue weighted by Gasteiger charge is 2.21. The molecule has 0 aromatic carbocycles. The van der Waals surface area contributed by atoms with Crippen LogP contribution in [0.4, 0.5) is 0 Å². The molecular formula is C9H17N3OS. The maximum Gasteiger partial charge on any atom is 0.226 e. The van der Waals surface area contributed by atoms with Gasteiger partial charge in [0.1, 0.15) is 0 Å². The summed E-state index contributed by atoms with van der Waals surface area (Å²) >= 11 is 1.71. The molecule has 1 aromatic rings. The molecular weight excluding hydrogens is 198 g/mol. The van der Waals surface area contributed by atoms with Gasteiger partial charge in [-0.3, -0.25) is 0 Å². The third kappa shape index (κ3) is 3.31. The summed E-state index contributed by atoms with van der Waals surface area (Å²) in [6, 6.07) is 0. The normalized spacial score (nSPS) is 12.0. The third-order valence-electron chi connectivity index (χ3n) is 1.60. The largest absolute Gasteiger partial charge is 0.424 e. The predicted molar refractivity (Wildman–Crippen MR) is 58.2 cm³/mol. The maximum absolute atomic E-state index is 5.51. The fraction of sp³-hybridized carbons (Fsp3) is 0.778. The lowest BCUT2D eigenvalue weighted by Gasteiger charge is -2.10. The van der Waals surface area contributed by atoms with Crippen LogP contribution in [0.2, 0.25) is 0 Å². The Hall–Kier alpha value is -0.550. The minimum Gasteiger partial charge on any atom is -0.424 e. The van der Waals surface area contributed by atoms with E-state index in [1.165, 1.54) is 0 Å². The quantitative estimate of drug-likeness (QED) is 0.772. The van der Waals surface area contributed by atoms with Gasteiger partial charge in [-0.1, -0.05) is 20.8 Å². The standard InChI is InChI=1S/C9H17N3OS/c1-9(2,3)8-12-11-7(13-8)6-14-5-4-10/h4-6,10H2,1-3H3. The molecule has 1 aromatic heterocycles. The van der Waals surface area contributed by atoms with Crippen LogP contribution in [0, 0.1) is 0 Å². The van der Waals surface area contributed by atoms with Gasteiger partial charge >= 0.3 is 0 Å². The van der Waals surface area contributed by atoms with Gasteiger partial charge in [-0.25, -0.2) is 0 Å². The van der Waals surface area contributed by atoms with Gasteiger partial charge in [0.2, 0.25) is 11.8 Å². The zero-order valence-electron chi connectivity index (χ0n) is 8.91. The molecule has 14 heavy (non-hydrogen) atoms. The molecule has 0 saturated carbocycles. The van der Waals surface area contributed by atoms with Crippen LogP contribution in [-0.2, 0) is 11.2 Å². The molecule has 0 saturated heterocycles. The predicted octanol–water partition coefficient (Wildman–Crippen LogP) is 1.56. The number of hydrogen-bond donors (Lipinski definition) is 1. The Morgan fingerprint density at radius 2 is 2.07 bits per heavy atom. The number of rotatable bonds is 4. The van der Waals surface area contributed by atoms with E-state index in [-0.39, 0.29) is 5.41 Å². The van der Waals surface area contributed by atoms with Crippen molar-refractivity contribution in [1.82, 2.24) is 10.2 Å². The van der Waals surface area contributed by atoms with E-state index in [2.05, 4.69) is 31.0 Å². The summed E-state index contributed by atoms with van der Waals surface area (Å²) in [5.41, 5.74) is 5.31. The molecule has 0 aliphatic heterocycles. The first-order valence-electron chi connectivity index (χ1n) is 4.64. The van der Waals surface area contributed by atoms with E-state index in [0.717, 1.165) is 11.5 Å². The van der Waals surface area contributed by atoms with E-state index in [0.29, 0.717) is 18.3 Å². The molecule has 4 nitrogen and oxygen atoms in total. The van der Waals surface area contributed by atoms with Gasteiger partial charge in [0.25, 0.3) is 0 Å². The fourth-order valence-corrected chi connectivity index (χ4v) is 1.46. The zero-order valence-corrected chi connectivity index (χ0v) is 9.73. The lowest BCUT2D eigenvalue weighted by atomic mass is 9.97. The van der Waals surface area contributed by atoms with Gasteiger partial charge in [0, 0.05) is 17.7 Å². The Morgan fingerprint density at radius 3 is 2.57 bits per heavy atom. The summed E-state index contributed by atoms with van der Waals surface area (Å²) in [6.45, 7) is 6.84. The third-order valence-corrected chi connectivity index (χ3v) is 2.57. The van der Waals surface area contributed by atoms with Crippen molar-refractivity contribution in [1.29, 1.82) is 0 Å². The monoisotopic (exact) mass is 215 g/mol. The molecule has 0 aliphatic rings. The van der Waals surface area contributed by atoms with Gasteiger partial charge in [-0.05, 0) is 0 Å². The molecule has 0 aliphatic carbocycles. The first-order chi connectivity index (χ1) is 6.54. The smallest absolute Gasteiger partial charge is 0.226 e. The van der Waals surface area contributed by atoms with Crippen molar-refractivity contribution in [2.45, 2.75) is 31.9 Å². The molecule has 1 rings (SSSR count). The Kier molecular flexibility index (Phi) is 3.95. The van der Waals surface area contributed by atoms with Crippen LogP contribution in [0.5, 0.6) is 0 Å². The van der Waals surface area contributed by atoms with Crippen LogP contribution in [0.3, 0.4) is 0 Å². The first-order valence-corrected chi connectivity index (χ1v) is 5.80. The van der Waals surface area contributed by atoms with Gasteiger partial charge in [0.05, 0.1) is 5.75 Å². The van der Waals surface area contributed by atoms with Gasteiger partial charge in [-0.2, -0.15) is 11.8 Å². The highest BCUT2D eigenvalue weighted by molar-refractivity contribution is 7.98. The summed E-state index contributed by atoms with van der Waals surface area (Å²) in [7, 11) is 0. The number of nitrogens with two attached hydrogens (primary N) is 1. The number of nitrogens with zero attached hydrogens (tertiary/aromatic N) is 2. The van der Waals surface area contributed by atoms with Crippen LogP contribution in [-0.4, -0.2) is 22.5 Å². The molecule has 5 heteroatoms. The Labute approximate surface area is 88.7 Å². The molecule has 80 valence electrons. The molecule has 0 atom stereocenters. The number of hydrogen-bond acceptors (Lipinski definition) is 5. The second kappa shape index (κ2) is 4.79. The summed E-state index contributed by atoms with van der Waals surface area (Å²) in [4.78, 5) is 0. The summed E-state index contributed by atoms with van der Waals surface area (Å²) in [5.74, 6) is 3.06. The van der Waals surface area contributed by atoms with Gasteiger partial charge in [0.15, 0.2) is 0 Å². The highest BCUT2D eigenvalue weighted by Crippen LogP contribution is 2.21. The van der Waals surface area contributed by atoms with Crippen molar-refractivity contribution in [3.63, 3.8) is 0 Å². The Morgan fingerprint density at radius 1 is 1.36 bits per heavy atom. The minimum absolute atomic E-state index is 0.0657. The van der Waals surface area contributed by atoms with Crippen LogP contribution in [0.1, 0.15) is 32.6 Å². The molecule has 0 fully saturated rings. The first kappa shape index (κ1) is 11.5. The molecule has 2 N–H and O–H groups in total. The summed E-state index contributed by atoms with van der Waals surface area (Å²) in [6.07, 6.45) is 0. The van der Waals surface area contributed by atoms with Crippen molar-refractivity contribution < 1.29 is 4.42 Å². The Balaban J connectivity index is 2.51. The zero-order chi connectivity index (χ0) is 10.6. The topological polar surface area (TPSA) is 64.9 Å². The lowest BCUT2D eigenvalue weighted by Crippen LogP contribution is -2.11. The average Bonchev–Trinajstić information content (AvgIpc) is 2.52. The van der Waals surface area contributed by atoms with E-state index in [4.69, 9.17) is 10.2 Å². The molecule has 0 unspecified atom stereocenters. The highest BCUT2D eigenvalue weighted by atomic mass is 32.2. The number of aromatic nitrogens is 2. The van der Waals surface area contributed by atoms with E-state index >= 15 is 0 Å². The van der Waals surface area contributed by atoms with Crippen LogP contribution >= 0.6 is 11.8 Å². The molecule has 0 radical (unpaired) electrons. The van der Waals surface area contributed by atoms with E-state index in [1.54, 1.807) is 11.8 Å². The summed E-state index contributed by atoms with van der Waals surface area (Å²) < 4.78 is 5.51. The Bertz CT molecular complexity index is 280. The van der Waals surface area contributed by atoms with E-state index < -0.39 is 0 Å². The van der Waals surface area contributed by atoms with Crippen molar-refractivity contribution in [3.8, 4) is 0 Å². The fourth-order valence-electron chi connectivity index (χ4n) is 0.858. The lowest BCUT2D eigenvalue weighted by molar-refractivity contribution is 0.378. The van der Waals surface area contributed by atoms with Crippen molar-refractivity contribution in [2.24, 2.45) is 5.73 Å². The molecule has 0 amide bonds. The molecule has 0 bridgehead atoms. The molecule has 0 spiro atoms. The van der Waals surface area contributed by atoms with Crippen molar-refractivity contribution >= 4 is 11.8 Å². The van der Waals surface area contributed by atoms with Crippen molar-refractivity contribution in [3.05, 3.63) is 11.8 Å². The average molecular weight is 215 g/mol. The second-order valence-electron chi connectivity index (χ2n) is 4.09. The van der Waals surface area contributed by atoms with E-state index in [1.807, 2.05) is 0 Å². The maximum atomic E-state index is 5.51.